The van der Waals surface area contributed by atoms with Gasteiger partial charge in [-0.25, -0.2) is 12.7 Å². The summed E-state index contributed by atoms with van der Waals surface area (Å²) in [6.07, 6.45) is 1.94. The van der Waals surface area contributed by atoms with E-state index in [1.807, 2.05) is 6.07 Å². The van der Waals surface area contributed by atoms with Gasteiger partial charge in [-0.1, -0.05) is 6.07 Å². The SMILES string of the molecule is CN(c1nc(C(=O)NC(Cc2ccccn2)C(O)C(O)CCCC#N)co1)S(C)(=O)=O. The van der Waals surface area contributed by atoms with Gasteiger partial charge in [0.2, 0.25) is 10.0 Å². The number of aromatic nitrogens is 2. The quantitative estimate of drug-likeness (QED) is 0.404. The number of nitrogens with zero attached hydrogens (tertiary/aromatic N) is 4. The highest BCUT2D eigenvalue weighted by atomic mass is 32.2. The minimum absolute atomic E-state index is 0.122. The Balaban J connectivity index is 2.17. The van der Waals surface area contributed by atoms with Crippen molar-refractivity contribution in [1.82, 2.24) is 15.3 Å². The van der Waals surface area contributed by atoms with E-state index in [1.54, 1.807) is 24.4 Å². The third-order valence-corrected chi connectivity index (χ3v) is 5.71. The number of aliphatic hydroxyl groups excluding tert-OH is 2. The standard InChI is InChI=1S/C19H25N5O6S/c1-24(31(2,28)29)19-23-15(12-30-19)18(27)22-14(11-13-7-4-6-10-21-13)17(26)16(25)8-3-5-9-20/h4,6-7,10,12,14,16-17,25-26H,3,5,8,11H2,1-2H3,(H,22,27). The molecule has 12 heteroatoms. The molecule has 2 aromatic rings. The predicted molar refractivity (Wildman–Crippen MR) is 110 cm³/mol. The number of pyridine rings is 1. The van der Waals surface area contributed by atoms with E-state index in [0.29, 0.717) is 12.1 Å². The van der Waals surface area contributed by atoms with Crippen LogP contribution < -0.4 is 9.62 Å². The lowest BCUT2D eigenvalue weighted by Crippen LogP contribution is -2.50. The van der Waals surface area contributed by atoms with Gasteiger partial charge in [0, 0.05) is 31.8 Å². The Morgan fingerprint density at radius 2 is 2.13 bits per heavy atom. The number of carbonyl (C=O) groups excluding carboxylic acids is 1. The van der Waals surface area contributed by atoms with Gasteiger partial charge in [-0.15, -0.1) is 0 Å². The smallest absolute Gasteiger partial charge is 0.311 e. The Kier molecular flexibility index (Phi) is 8.49. The first-order valence-electron chi connectivity index (χ1n) is 9.46. The number of unbranched alkanes of at least 4 members (excludes halogenated alkanes) is 1. The number of hydrogen-bond donors (Lipinski definition) is 3. The molecule has 0 aliphatic carbocycles. The van der Waals surface area contributed by atoms with Crippen LogP contribution in [0.4, 0.5) is 6.01 Å². The van der Waals surface area contributed by atoms with Crippen molar-refractivity contribution >= 4 is 21.9 Å². The zero-order valence-electron chi connectivity index (χ0n) is 17.2. The van der Waals surface area contributed by atoms with Crippen LogP contribution in [-0.4, -0.2) is 66.1 Å². The van der Waals surface area contributed by atoms with Crippen LogP contribution in [0, 0.1) is 11.3 Å². The van der Waals surface area contributed by atoms with E-state index in [2.05, 4.69) is 15.3 Å². The second-order valence-corrected chi connectivity index (χ2v) is 8.97. The second-order valence-electron chi connectivity index (χ2n) is 6.96. The summed E-state index contributed by atoms with van der Waals surface area (Å²) in [6.45, 7) is 0. The number of nitriles is 1. The fourth-order valence-electron chi connectivity index (χ4n) is 2.73. The molecule has 3 unspecified atom stereocenters. The third kappa shape index (κ3) is 7.02. The molecular weight excluding hydrogens is 426 g/mol. The molecule has 0 radical (unpaired) electrons. The first-order valence-corrected chi connectivity index (χ1v) is 11.3. The van der Waals surface area contributed by atoms with Crippen molar-refractivity contribution in [2.75, 3.05) is 17.6 Å². The number of amides is 1. The summed E-state index contributed by atoms with van der Waals surface area (Å²) in [7, 11) is -2.40. The molecule has 3 N–H and O–H groups in total. The largest absolute Gasteiger partial charge is 0.430 e. The van der Waals surface area contributed by atoms with Crippen LogP contribution in [0.15, 0.2) is 35.1 Å². The van der Waals surface area contributed by atoms with Crippen molar-refractivity contribution in [3.8, 4) is 6.07 Å². The van der Waals surface area contributed by atoms with Crippen LogP contribution in [0.5, 0.6) is 0 Å². The molecule has 2 rings (SSSR count). The number of sulfonamides is 1. The highest BCUT2D eigenvalue weighted by Crippen LogP contribution is 2.16. The van der Waals surface area contributed by atoms with Crippen molar-refractivity contribution < 1.29 is 27.8 Å². The summed E-state index contributed by atoms with van der Waals surface area (Å²) < 4.78 is 29.1. The Hall–Kier alpha value is -3.01. The van der Waals surface area contributed by atoms with Crippen LogP contribution >= 0.6 is 0 Å². The highest BCUT2D eigenvalue weighted by Gasteiger charge is 2.30. The van der Waals surface area contributed by atoms with E-state index in [9.17, 15) is 23.4 Å². The summed E-state index contributed by atoms with van der Waals surface area (Å²) in [6, 6.07) is 5.94. The normalized spacial score (nSPS) is 14.3. The average molecular weight is 452 g/mol. The molecule has 0 aliphatic heterocycles. The first-order chi connectivity index (χ1) is 14.6. The van der Waals surface area contributed by atoms with Gasteiger partial charge < -0.3 is 19.9 Å². The van der Waals surface area contributed by atoms with E-state index < -0.39 is 34.2 Å². The molecule has 11 nitrogen and oxygen atoms in total. The molecule has 2 heterocycles. The molecule has 0 saturated carbocycles. The molecule has 31 heavy (non-hydrogen) atoms. The Bertz CT molecular complexity index is 1000. The van der Waals surface area contributed by atoms with Gasteiger partial charge >= 0.3 is 6.01 Å². The number of rotatable bonds is 11. The van der Waals surface area contributed by atoms with Crippen molar-refractivity contribution in [2.45, 2.75) is 43.9 Å². The molecule has 168 valence electrons. The minimum Gasteiger partial charge on any atom is -0.430 e. The Morgan fingerprint density at radius 3 is 2.74 bits per heavy atom. The minimum atomic E-state index is -3.63. The molecule has 0 spiro atoms. The fourth-order valence-corrected chi connectivity index (χ4v) is 3.10. The van der Waals surface area contributed by atoms with Gasteiger partial charge in [0.1, 0.15) is 12.4 Å². The number of carbonyl (C=O) groups is 1. The molecular formula is C19H25N5O6S. The summed E-state index contributed by atoms with van der Waals surface area (Å²) in [5.41, 5.74) is 0.386. The second kappa shape index (κ2) is 10.9. The van der Waals surface area contributed by atoms with Crippen molar-refractivity contribution in [2.24, 2.45) is 0 Å². The highest BCUT2D eigenvalue weighted by molar-refractivity contribution is 7.92. The maximum atomic E-state index is 12.7. The number of hydrogen-bond acceptors (Lipinski definition) is 9. The Labute approximate surface area is 180 Å². The van der Waals surface area contributed by atoms with Gasteiger partial charge in [0.25, 0.3) is 5.91 Å². The van der Waals surface area contributed by atoms with Gasteiger partial charge in [-0.05, 0) is 25.0 Å². The molecule has 0 bridgehead atoms. The van der Waals surface area contributed by atoms with Crippen LogP contribution in [0.2, 0.25) is 0 Å². The number of nitrogens with one attached hydrogen (secondary N) is 1. The molecule has 0 saturated heterocycles. The zero-order valence-corrected chi connectivity index (χ0v) is 18.0. The third-order valence-electron chi connectivity index (χ3n) is 4.56. The summed E-state index contributed by atoms with van der Waals surface area (Å²) in [5, 5.41) is 32.2. The van der Waals surface area contributed by atoms with Crippen LogP contribution in [0.1, 0.15) is 35.4 Å². The van der Waals surface area contributed by atoms with Crippen molar-refractivity contribution in [3.63, 3.8) is 0 Å². The molecule has 0 aliphatic rings. The van der Waals surface area contributed by atoms with Crippen molar-refractivity contribution in [3.05, 3.63) is 42.0 Å². The monoisotopic (exact) mass is 451 g/mol. The van der Waals surface area contributed by atoms with Gasteiger partial charge in [0.05, 0.1) is 24.5 Å². The average Bonchev–Trinajstić information content (AvgIpc) is 3.22. The molecule has 1 amide bonds. The van der Waals surface area contributed by atoms with E-state index >= 15 is 0 Å². The summed E-state index contributed by atoms with van der Waals surface area (Å²) in [4.78, 5) is 20.7. The van der Waals surface area contributed by atoms with Gasteiger partial charge in [-0.3, -0.25) is 9.78 Å². The van der Waals surface area contributed by atoms with Crippen LogP contribution in [0.3, 0.4) is 0 Å². The van der Waals surface area contributed by atoms with Gasteiger partial charge in [0.15, 0.2) is 5.69 Å². The lowest BCUT2D eigenvalue weighted by atomic mass is 9.97. The van der Waals surface area contributed by atoms with Crippen LogP contribution in [-0.2, 0) is 16.4 Å². The maximum absolute atomic E-state index is 12.7. The van der Waals surface area contributed by atoms with Crippen LogP contribution in [0.25, 0.3) is 0 Å². The first kappa shape index (κ1) is 24.3. The molecule has 0 fully saturated rings. The zero-order chi connectivity index (χ0) is 23.0. The predicted octanol–water partition coefficient (Wildman–Crippen LogP) is 0.222. The topological polar surface area (TPSA) is 170 Å². The molecule has 3 atom stereocenters. The maximum Gasteiger partial charge on any atom is 0.311 e. The van der Waals surface area contributed by atoms with Crippen molar-refractivity contribution in [1.29, 1.82) is 5.26 Å². The number of aliphatic hydroxyl groups is 2. The number of anilines is 1. The fraction of sp³-hybridized carbons (Fsp3) is 0.474. The lowest BCUT2D eigenvalue weighted by Gasteiger charge is -2.27. The summed E-state index contributed by atoms with van der Waals surface area (Å²) in [5.74, 6) is -0.721. The Morgan fingerprint density at radius 1 is 1.39 bits per heavy atom. The molecule has 2 aromatic heterocycles. The van der Waals surface area contributed by atoms with E-state index in [0.717, 1.165) is 16.8 Å². The van der Waals surface area contributed by atoms with Gasteiger partial charge in [-0.2, -0.15) is 10.2 Å². The number of oxazole rings is 1. The van der Waals surface area contributed by atoms with E-state index in [4.69, 9.17) is 9.68 Å². The summed E-state index contributed by atoms with van der Waals surface area (Å²) >= 11 is 0. The molecule has 0 aromatic carbocycles. The van der Waals surface area contributed by atoms with E-state index in [-0.39, 0.29) is 31.0 Å². The lowest BCUT2D eigenvalue weighted by molar-refractivity contribution is -0.00809. The van der Waals surface area contributed by atoms with E-state index in [1.165, 1.54) is 7.05 Å².